The summed E-state index contributed by atoms with van der Waals surface area (Å²) < 4.78 is 17.2. The maximum atomic E-state index is 11.9. The molecule has 1 amide bonds. The van der Waals surface area contributed by atoms with Crippen molar-refractivity contribution in [3.63, 3.8) is 0 Å². The maximum absolute atomic E-state index is 11.9. The maximum Gasteiger partial charge on any atom is 0.258 e. The molecule has 0 saturated carbocycles. The monoisotopic (exact) mass is 344 g/mol. The van der Waals surface area contributed by atoms with E-state index in [2.05, 4.69) is 9.82 Å². The van der Waals surface area contributed by atoms with Gasteiger partial charge in [-0.25, -0.2) is 8.89 Å². The van der Waals surface area contributed by atoms with Gasteiger partial charge in [0.25, 0.3) is 5.91 Å². The van der Waals surface area contributed by atoms with Gasteiger partial charge < -0.3 is 4.57 Å². The summed E-state index contributed by atoms with van der Waals surface area (Å²) in [6.07, 6.45) is 6.64. The first-order chi connectivity index (χ1) is 11.4. The molecule has 0 saturated heterocycles. The quantitative estimate of drug-likeness (QED) is 0.901. The highest BCUT2D eigenvalue weighted by atomic mass is 32.2. The van der Waals surface area contributed by atoms with Crippen LogP contribution in [0.15, 0.2) is 35.4 Å². The predicted octanol–water partition coefficient (Wildman–Crippen LogP) is 1.04. The highest BCUT2D eigenvalue weighted by Gasteiger charge is 2.23. The molecule has 0 aromatic carbocycles. The van der Waals surface area contributed by atoms with Gasteiger partial charge in [-0.2, -0.15) is 5.10 Å². The Labute approximate surface area is 140 Å². The van der Waals surface area contributed by atoms with Gasteiger partial charge in [0.05, 0.1) is 6.20 Å². The third kappa shape index (κ3) is 2.88. The zero-order valence-corrected chi connectivity index (χ0v) is 14.3. The van der Waals surface area contributed by atoms with Crippen LogP contribution in [0.3, 0.4) is 0 Å². The molecule has 3 rings (SSSR count). The van der Waals surface area contributed by atoms with Crippen molar-refractivity contribution in [3.8, 4) is 0 Å². The Bertz CT molecular complexity index is 981. The lowest BCUT2D eigenvalue weighted by Crippen LogP contribution is -2.17. The average molecular weight is 344 g/mol. The van der Waals surface area contributed by atoms with Gasteiger partial charge in [-0.15, -0.1) is 0 Å². The average Bonchev–Trinajstić information content (AvgIpc) is 3.04. The lowest BCUT2D eigenvalue weighted by atomic mass is 10.1. The van der Waals surface area contributed by atoms with E-state index in [1.807, 2.05) is 19.9 Å². The van der Waals surface area contributed by atoms with E-state index in [9.17, 15) is 13.8 Å². The van der Waals surface area contributed by atoms with Crippen molar-refractivity contribution in [2.45, 2.75) is 13.8 Å². The normalized spacial score (nSPS) is 17.8. The predicted molar refractivity (Wildman–Crippen MR) is 92.8 cm³/mol. The van der Waals surface area contributed by atoms with Crippen LogP contribution in [0.4, 0.5) is 0 Å². The first-order valence-corrected chi connectivity index (χ1v) is 8.36. The Morgan fingerprint density at radius 3 is 2.71 bits per heavy atom. The largest absolute Gasteiger partial charge is 0.318 e. The number of nitrogens with one attached hydrogen (secondary N) is 1. The Balaban J connectivity index is 1.98. The second-order valence-electron chi connectivity index (χ2n) is 5.51. The topological polar surface area (TPSA) is 86.0 Å². The minimum absolute atomic E-state index is 0.0663. The molecule has 0 aliphatic carbocycles. The van der Waals surface area contributed by atoms with E-state index in [-0.39, 0.29) is 5.56 Å². The zero-order chi connectivity index (χ0) is 17.4. The molecule has 1 N–H and O–H groups in total. The van der Waals surface area contributed by atoms with Crippen molar-refractivity contribution in [1.29, 1.82) is 0 Å². The van der Waals surface area contributed by atoms with Crippen molar-refractivity contribution < 1.29 is 9.00 Å². The standard InChI is InChI=1S/C16H16N4O3S/c1-10(12-4-5-15(22)19(3)9-12)6-13-8-17-20(11(13)2)16-7-14(21)18-24(16)23/h4-9H,1-3H3,(H,18,21)/b10-6+. The summed E-state index contributed by atoms with van der Waals surface area (Å²) in [7, 11) is 0.113. The number of carbonyl (C=O) groups excluding carboxylic acids is 1. The van der Waals surface area contributed by atoms with E-state index < -0.39 is 16.9 Å². The molecule has 1 aliphatic rings. The van der Waals surface area contributed by atoms with Gasteiger partial charge in [-0.3, -0.25) is 14.3 Å². The number of allylic oxidation sites excluding steroid dienone is 1. The first-order valence-electron chi connectivity index (χ1n) is 7.21. The minimum Gasteiger partial charge on any atom is -0.318 e. The van der Waals surface area contributed by atoms with Crippen LogP contribution in [0.2, 0.25) is 0 Å². The van der Waals surface area contributed by atoms with E-state index in [4.69, 9.17) is 0 Å². The molecule has 0 bridgehead atoms. The zero-order valence-electron chi connectivity index (χ0n) is 13.4. The van der Waals surface area contributed by atoms with Crippen LogP contribution in [-0.4, -0.2) is 24.5 Å². The Hall–Kier alpha value is -2.74. The second kappa shape index (κ2) is 6.04. The molecule has 0 radical (unpaired) electrons. The Morgan fingerprint density at radius 2 is 2.08 bits per heavy atom. The van der Waals surface area contributed by atoms with Gasteiger partial charge in [0.2, 0.25) is 5.56 Å². The fourth-order valence-electron chi connectivity index (χ4n) is 2.41. The summed E-state index contributed by atoms with van der Waals surface area (Å²) in [5.74, 6) is -0.392. The highest BCUT2D eigenvalue weighted by molar-refractivity contribution is 7.93. The summed E-state index contributed by atoms with van der Waals surface area (Å²) in [5.41, 5.74) is 3.44. The Kier molecular flexibility index (Phi) is 4.06. The molecule has 124 valence electrons. The summed E-state index contributed by atoms with van der Waals surface area (Å²) in [4.78, 5) is 22.8. The molecule has 7 nitrogen and oxygen atoms in total. The molecule has 2 aromatic heterocycles. The minimum atomic E-state index is -1.59. The molecule has 1 aliphatic heterocycles. The van der Waals surface area contributed by atoms with Crippen molar-refractivity contribution in [2.24, 2.45) is 7.05 Å². The van der Waals surface area contributed by atoms with Gasteiger partial charge in [-0.05, 0) is 37.1 Å². The fraction of sp³-hybridized carbons (Fsp3) is 0.188. The van der Waals surface area contributed by atoms with E-state index in [1.165, 1.54) is 21.4 Å². The fourth-order valence-corrected chi connectivity index (χ4v) is 3.31. The van der Waals surface area contributed by atoms with E-state index in [1.54, 1.807) is 25.5 Å². The summed E-state index contributed by atoms with van der Waals surface area (Å²) in [6.45, 7) is 3.78. The molecule has 1 atom stereocenters. The van der Waals surface area contributed by atoms with Gasteiger partial charge in [0.15, 0.2) is 16.0 Å². The molecule has 2 aromatic rings. The number of aryl methyl sites for hydroxylation is 1. The van der Waals surface area contributed by atoms with Crippen LogP contribution in [0, 0.1) is 6.92 Å². The number of amides is 1. The van der Waals surface area contributed by atoms with Crippen molar-refractivity contribution in [1.82, 2.24) is 19.1 Å². The third-order valence-electron chi connectivity index (χ3n) is 3.81. The lowest BCUT2D eigenvalue weighted by Gasteiger charge is -2.05. The van der Waals surface area contributed by atoms with Gasteiger partial charge in [-0.1, -0.05) is 0 Å². The number of pyridine rings is 1. The molecule has 0 spiro atoms. The number of rotatable bonds is 3. The summed E-state index contributed by atoms with van der Waals surface area (Å²) in [6, 6.07) is 3.29. The van der Waals surface area contributed by atoms with E-state index >= 15 is 0 Å². The molecule has 0 fully saturated rings. The number of carbonyl (C=O) groups is 1. The van der Waals surface area contributed by atoms with Crippen LogP contribution in [0.25, 0.3) is 16.7 Å². The van der Waals surface area contributed by atoms with Crippen molar-refractivity contribution in [2.75, 3.05) is 0 Å². The molecule has 8 heteroatoms. The number of hydrogen-bond acceptors (Lipinski definition) is 4. The van der Waals surface area contributed by atoms with Crippen molar-refractivity contribution in [3.05, 3.63) is 57.8 Å². The molecule has 24 heavy (non-hydrogen) atoms. The SMILES string of the molecule is C/C(=C\c1cnn(C2=CC(=O)NS2=O)c1C)c1ccc(=O)n(C)c1. The van der Waals surface area contributed by atoms with Crippen LogP contribution in [-0.2, 0) is 22.8 Å². The van der Waals surface area contributed by atoms with Crippen LogP contribution in [0.5, 0.6) is 0 Å². The highest BCUT2D eigenvalue weighted by Crippen LogP contribution is 2.22. The van der Waals surface area contributed by atoms with E-state index in [0.29, 0.717) is 5.03 Å². The summed E-state index contributed by atoms with van der Waals surface area (Å²) >= 11 is 0. The molecular weight excluding hydrogens is 328 g/mol. The smallest absolute Gasteiger partial charge is 0.258 e. The van der Waals surface area contributed by atoms with Crippen LogP contribution < -0.4 is 10.3 Å². The molecular formula is C16H16N4O3S. The summed E-state index contributed by atoms with van der Waals surface area (Å²) in [5, 5.41) is 4.54. The number of nitrogens with zero attached hydrogens (tertiary/aromatic N) is 3. The third-order valence-corrected chi connectivity index (χ3v) is 4.86. The van der Waals surface area contributed by atoms with Crippen molar-refractivity contribution >= 4 is 33.6 Å². The van der Waals surface area contributed by atoms with Gasteiger partial charge in [0, 0.05) is 36.6 Å². The van der Waals surface area contributed by atoms with Gasteiger partial charge >= 0.3 is 0 Å². The lowest BCUT2D eigenvalue weighted by molar-refractivity contribution is -0.114. The van der Waals surface area contributed by atoms with E-state index in [0.717, 1.165) is 22.4 Å². The van der Waals surface area contributed by atoms with Crippen LogP contribution >= 0.6 is 0 Å². The van der Waals surface area contributed by atoms with Crippen LogP contribution in [0.1, 0.15) is 23.7 Å². The van der Waals surface area contributed by atoms with Gasteiger partial charge in [0.1, 0.15) is 0 Å². The first kappa shape index (κ1) is 16.1. The second-order valence-corrected chi connectivity index (χ2v) is 6.67. The molecule has 3 heterocycles. The Morgan fingerprint density at radius 1 is 1.33 bits per heavy atom. The molecule has 1 unspecified atom stereocenters. The number of aromatic nitrogens is 3. The number of hydrogen-bond donors (Lipinski definition) is 1.